The molecular formula is C23H22FNO3. The quantitative estimate of drug-likeness (QED) is 0.626. The minimum Gasteiger partial charge on any atom is -0.488 e. The van der Waals surface area contributed by atoms with Crippen molar-refractivity contribution in [2.24, 2.45) is 0 Å². The summed E-state index contributed by atoms with van der Waals surface area (Å²) in [6.07, 6.45) is -0.693. The minimum absolute atomic E-state index is 0.0920. The zero-order valence-electron chi connectivity index (χ0n) is 15.5. The first kappa shape index (κ1) is 19.4. The SMILES string of the molecule is CC(Oc1ccccc1)C(=O)NC(COc1ccccc1F)c1ccccc1. The van der Waals surface area contributed by atoms with Crippen LogP contribution in [-0.4, -0.2) is 18.6 Å². The Balaban J connectivity index is 1.68. The second-order valence-corrected chi connectivity index (χ2v) is 6.29. The summed E-state index contributed by atoms with van der Waals surface area (Å²) in [4.78, 5) is 12.6. The first-order valence-electron chi connectivity index (χ1n) is 9.08. The van der Waals surface area contributed by atoms with Gasteiger partial charge in [0.15, 0.2) is 17.7 Å². The molecule has 5 heteroatoms. The van der Waals surface area contributed by atoms with E-state index in [-0.39, 0.29) is 18.3 Å². The summed E-state index contributed by atoms with van der Waals surface area (Å²) >= 11 is 0. The van der Waals surface area contributed by atoms with E-state index in [0.29, 0.717) is 5.75 Å². The number of hydrogen-bond acceptors (Lipinski definition) is 3. The van der Waals surface area contributed by atoms with Crippen LogP contribution in [0.5, 0.6) is 11.5 Å². The van der Waals surface area contributed by atoms with Crippen molar-refractivity contribution in [2.75, 3.05) is 6.61 Å². The number of rotatable bonds is 8. The number of carbonyl (C=O) groups is 1. The van der Waals surface area contributed by atoms with Crippen molar-refractivity contribution in [1.29, 1.82) is 0 Å². The molecule has 2 atom stereocenters. The lowest BCUT2D eigenvalue weighted by molar-refractivity contribution is -0.128. The molecular weight excluding hydrogens is 357 g/mol. The van der Waals surface area contributed by atoms with Gasteiger partial charge in [-0.15, -0.1) is 0 Å². The van der Waals surface area contributed by atoms with Crippen LogP contribution < -0.4 is 14.8 Å². The van der Waals surface area contributed by atoms with Crippen molar-refractivity contribution in [2.45, 2.75) is 19.1 Å². The molecule has 0 aliphatic heterocycles. The average molecular weight is 379 g/mol. The van der Waals surface area contributed by atoms with E-state index in [2.05, 4.69) is 5.32 Å². The van der Waals surface area contributed by atoms with Crippen LogP contribution in [0.3, 0.4) is 0 Å². The molecule has 3 aromatic rings. The van der Waals surface area contributed by atoms with E-state index in [1.165, 1.54) is 6.07 Å². The third kappa shape index (κ3) is 5.33. The molecule has 1 amide bonds. The standard InChI is InChI=1S/C23H22FNO3/c1-17(28-19-12-6-3-7-13-19)23(26)25-21(18-10-4-2-5-11-18)16-27-22-15-9-8-14-20(22)24/h2-15,17,21H,16H2,1H3,(H,25,26). The maximum absolute atomic E-state index is 13.8. The van der Waals surface area contributed by atoms with Gasteiger partial charge in [-0.1, -0.05) is 60.7 Å². The molecule has 2 unspecified atom stereocenters. The smallest absolute Gasteiger partial charge is 0.261 e. The maximum atomic E-state index is 13.8. The van der Waals surface area contributed by atoms with Gasteiger partial charge < -0.3 is 14.8 Å². The highest BCUT2D eigenvalue weighted by molar-refractivity contribution is 5.81. The largest absolute Gasteiger partial charge is 0.488 e. The van der Waals surface area contributed by atoms with E-state index in [1.807, 2.05) is 48.5 Å². The molecule has 4 nitrogen and oxygen atoms in total. The number of benzene rings is 3. The first-order valence-corrected chi connectivity index (χ1v) is 9.08. The van der Waals surface area contributed by atoms with Crippen molar-refractivity contribution in [1.82, 2.24) is 5.32 Å². The topological polar surface area (TPSA) is 47.6 Å². The van der Waals surface area contributed by atoms with Gasteiger partial charge in [-0.3, -0.25) is 4.79 Å². The van der Waals surface area contributed by atoms with E-state index >= 15 is 0 Å². The second kappa shape index (κ2) is 9.55. The van der Waals surface area contributed by atoms with Gasteiger partial charge in [0.2, 0.25) is 0 Å². The van der Waals surface area contributed by atoms with E-state index in [9.17, 15) is 9.18 Å². The van der Waals surface area contributed by atoms with Crippen LogP contribution in [0.1, 0.15) is 18.5 Å². The third-order valence-corrected chi connectivity index (χ3v) is 4.19. The molecule has 0 spiro atoms. The highest BCUT2D eigenvalue weighted by Crippen LogP contribution is 2.20. The van der Waals surface area contributed by atoms with E-state index in [4.69, 9.17) is 9.47 Å². The summed E-state index contributed by atoms with van der Waals surface area (Å²) in [5.74, 6) is 0.0338. The predicted molar refractivity (Wildman–Crippen MR) is 106 cm³/mol. The molecule has 0 saturated carbocycles. The van der Waals surface area contributed by atoms with Gasteiger partial charge in [0, 0.05) is 0 Å². The molecule has 0 saturated heterocycles. The zero-order valence-corrected chi connectivity index (χ0v) is 15.5. The Morgan fingerprint density at radius 3 is 2.21 bits per heavy atom. The molecule has 0 aromatic heterocycles. The van der Waals surface area contributed by atoms with Crippen LogP contribution in [-0.2, 0) is 4.79 Å². The van der Waals surface area contributed by atoms with Crippen LogP contribution in [0.2, 0.25) is 0 Å². The fraction of sp³-hybridized carbons (Fsp3) is 0.174. The molecule has 3 rings (SSSR count). The van der Waals surface area contributed by atoms with Gasteiger partial charge in [0.1, 0.15) is 12.4 Å². The number of hydrogen-bond donors (Lipinski definition) is 1. The van der Waals surface area contributed by atoms with Crippen LogP contribution in [0.25, 0.3) is 0 Å². The Bertz CT molecular complexity index is 887. The first-order chi connectivity index (χ1) is 13.6. The van der Waals surface area contributed by atoms with Gasteiger partial charge in [-0.2, -0.15) is 0 Å². The maximum Gasteiger partial charge on any atom is 0.261 e. The predicted octanol–water partition coefficient (Wildman–Crippen LogP) is 4.53. The number of carbonyl (C=O) groups excluding carboxylic acids is 1. The summed E-state index contributed by atoms with van der Waals surface area (Å²) < 4.78 is 25.1. The van der Waals surface area contributed by atoms with Crippen LogP contribution >= 0.6 is 0 Å². The summed E-state index contributed by atoms with van der Waals surface area (Å²) in [6, 6.07) is 24.3. The van der Waals surface area contributed by atoms with Gasteiger partial charge in [0.05, 0.1) is 6.04 Å². The number of ether oxygens (including phenoxy) is 2. The van der Waals surface area contributed by atoms with Crippen LogP contribution in [0.15, 0.2) is 84.9 Å². The van der Waals surface area contributed by atoms with Crippen molar-refractivity contribution >= 4 is 5.91 Å². The Kier molecular flexibility index (Phi) is 6.63. The van der Waals surface area contributed by atoms with Gasteiger partial charge in [-0.25, -0.2) is 4.39 Å². The van der Waals surface area contributed by atoms with E-state index in [0.717, 1.165) is 5.56 Å². The third-order valence-electron chi connectivity index (χ3n) is 4.19. The average Bonchev–Trinajstić information content (AvgIpc) is 2.73. The molecule has 0 heterocycles. The minimum atomic E-state index is -0.693. The molecule has 28 heavy (non-hydrogen) atoms. The van der Waals surface area contributed by atoms with Crippen molar-refractivity contribution in [3.8, 4) is 11.5 Å². The number of halogens is 1. The monoisotopic (exact) mass is 379 g/mol. The molecule has 0 aliphatic carbocycles. The lowest BCUT2D eigenvalue weighted by Gasteiger charge is -2.22. The second-order valence-electron chi connectivity index (χ2n) is 6.29. The van der Waals surface area contributed by atoms with Gasteiger partial charge in [0.25, 0.3) is 5.91 Å². The zero-order chi connectivity index (χ0) is 19.8. The van der Waals surface area contributed by atoms with Gasteiger partial charge in [-0.05, 0) is 36.8 Å². The lowest BCUT2D eigenvalue weighted by Crippen LogP contribution is -2.40. The fourth-order valence-electron chi connectivity index (χ4n) is 2.69. The molecule has 3 aromatic carbocycles. The number of para-hydroxylation sites is 2. The van der Waals surface area contributed by atoms with E-state index < -0.39 is 18.0 Å². The van der Waals surface area contributed by atoms with Crippen LogP contribution in [0, 0.1) is 5.82 Å². The molecule has 0 fully saturated rings. The molecule has 144 valence electrons. The molecule has 0 aliphatic rings. The van der Waals surface area contributed by atoms with Gasteiger partial charge >= 0.3 is 0 Å². The Hall–Kier alpha value is -3.34. The fourth-order valence-corrected chi connectivity index (χ4v) is 2.69. The number of nitrogens with one attached hydrogen (secondary N) is 1. The summed E-state index contributed by atoms with van der Waals surface area (Å²) in [7, 11) is 0. The lowest BCUT2D eigenvalue weighted by atomic mass is 10.1. The number of amides is 1. The summed E-state index contributed by atoms with van der Waals surface area (Å²) in [5.41, 5.74) is 0.860. The summed E-state index contributed by atoms with van der Waals surface area (Å²) in [6.45, 7) is 1.77. The Morgan fingerprint density at radius 1 is 0.929 bits per heavy atom. The van der Waals surface area contributed by atoms with Crippen molar-refractivity contribution < 1.29 is 18.7 Å². The highest BCUT2D eigenvalue weighted by Gasteiger charge is 2.21. The van der Waals surface area contributed by atoms with Crippen molar-refractivity contribution in [3.05, 3.63) is 96.3 Å². The Morgan fingerprint density at radius 2 is 1.54 bits per heavy atom. The van der Waals surface area contributed by atoms with Crippen LogP contribution in [0.4, 0.5) is 4.39 Å². The Labute approximate surface area is 163 Å². The van der Waals surface area contributed by atoms with E-state index in [1.54, 1.807) is 37.3 Å². The molecule has 1 N–H and O–H groups in total. The molecule has 0 bridgehead atoms. The van der Waals surface area contributed by atoms with Crippen molar-refractivity contribution in [3.63, 3.8) is 0 Å². The molecule has 0 radical (unpaired) electrons. The summed E-state index contributed by atoms with van der Waals surface area (Å²) in [5, 5.41) is 2.93. The highest BCUT2D eigenvalue weighted by atomic mass is 19.1. The normalized spacial score (nSPS) is 12.6.